The molecule has 1 heteroatoms. The first-order chi connectivity index (χ1) is 5.11. The number of hydrogen-bond acceptors (Lipinski definition) is 1. The highest BCUT2D eigenvalue weighted by molar-refractivity contribution is 5.93. The second-order valence-electron chi connectivity index (χ2n) is 2.42. The van der Waals surface area contributed by atoms with Crippen molar-refractivity contribution in [3.63, 3.8) is 0 Å². The SMILES string of the molecule is C=CC(=C)/C(C)=C/C(C)=NC. The van der Waals surface area contributed by atoms with Crippen molar-refractivity contribution in [3.05, 3.63) is 36.5 Å². The first-order valence-electron chi connectivity index (χ1n) is 3.55. The van der Waals surface area contributed by atoms with E-state index >= 15 is 0 Å². The molecule has 0 spiro atoms. The number of aliphatic imine (C=N–C) groups is 1. The fourth-order valence-electron chi connectivity index (χ4n) is 0.632. The van der Waals surface area contributed by atoms with Crippen molar-refractivity contribution in [2.45, 2.75) is 13.8 Å². The smallest absolute Gasteiger partial charge is 0.0316 e. The molecule has 11 heavy (non-hydrogen) atoms. The summed E-state index contributed by atoms with van der Waals surface area (Å²) in [5.74, 6) is 0. The summed E-state index contributed by atoms with van der Waals surface area (Å²) in [6.07, 6.45) is 3.73. The second-order valence-corrected chi connectivity index (χ2v) is 2.42. The number of hydrogen-bond donors (Lipinski definition) is 0. The van der Waals surface area contributed by atoms with Crippen LogP contribution in [0.1, 0.15) is 13.8 Å². The van der Waals surface area contributed by atoms with Crippen molar-refractivity contribution < 1.29 is 0 Å². The lowest BCUT2D eigenvalue weighted by Gasteiger charge is -1.98. The fraction of sp³-hybridized carbons (Fsp3) is 0.300. The van der Waals surface area contributed by atoms with Crippen LogP contribution in [0.5, 0.6) is 0 Å². The van der Waals surface area contributed by atoms with Gasteiger partial charge in [-0.15, -0.1) is 0 Å². The van der Waals surface area contributed by atoms with Crippen LogP contribution in [0.3, 0.4) is 0 Å². The minimum absolute atomic E-state index is 0.952. The van der Waals surface area contributed by atoms with Gasteiger partial charge in [-0.05, 0) is 31.1 Å². The molecule has 0 aromatic carbocycles. The lowest BCUT2D eigenvalue weighted by molar-refractivity contribution is 1.40. The van der Waals surface area contributed by atoms with Gasteiger partial charge >= 0.3 is 0 Å². The van der Waals surface area contributed by atoms with E-state index in [1.165, 1.54) is 0 Å². The Labute approximate surface area is 68.9 Å². The van der Waals surface area contributed by atoms with Crippen molar-refractivity contribution in [2.75, 3.05) is 7.05 Å². The predicted octanol–water partition coefficient (Wildman–Crippen LogP) is 2.77. The molecule has 0 amide bonds. The molecule has 0 fully saturated rings. The summed E-state index contributed by atoms with van der Waals surface area (Å²) in [5, 5.41) is 0. The van der Waals surface area contributed by atoms with Crippen molar-refractivity contribution in [3.8, 4) is 0 Å². The Bertz CT molecular complexity index is 219. The van der Waals surface area contributed by atoms with Crippen molar-refractivity contribution >= 4 is 5.71 Å². The molecule has 0 aromatic rings. The van der Waals surface area contributed by atoms with Crippen LogP contribution >= 0.6 is 0 Å². The summed E-state index contributed by atoms with van der Waals surface area (Å²) in [4.78, 5) is 4.01. The van der Waals surface area contributed by atoms with Gasteiger partial charge in [0, 0.05) is 12.8 Å². The Kier molecular flexibility index (Phi) is 4.20. The normalized spacial score (nSPS) is 13.0. The first kappa shape index (κ1) is 9.89. The molecule has 0 N–H and O–H groups in total. The van der Waals surface area contributed by atoms with E-state index < -0.39 is 0 Å². The highest BCUT2D eigenvalue weighted by atomic mass is 14.7. The molecule has 0 bridgehead atoms. The summed E-state index contributed by atoms with van der Waals surface area (Å²) in [6.45, 7) is 11.4. The van der Waals surface area contributed by atoms with Gasteiger partial charge in [-0.3, -0.25) is 4.99 Å². The summed E-state index contributed by atoms with van der Waals surface area (Å²) in [7, 11) is 1.77. The second kappa shape index (κ2) is 4.67. The predicted molar refractivity (Wildman–Crippen MR) is 52.1 cm³/mol. The average Bonchev–Trinajstić information content (AvgIpc) is 2.02. The third-order valence-corrected chi connectivity index (χ3v) is 1.53. The Hall–Kier alpha value is -1.11. The zero-order valence-electron chi connectivity index (χ0n) is 7.52. The molecule has 0 aliphatic heterocycles. The molecule has 1 nitrogen and oxygen atoms in total. The van der Waals surface area contributed by atoms with Gasteiger partial charge in [0.2, 0.25) is 0 Å². The molecule has 0 aromatic heterocycles. The molecular formula is C10H15N. The zero-order valence-corrected chi connectivity index (χ0v) is 7.52. The van der Waals surface area contributed by atoms with Crippen LogP contribution in [0.25, 0.3) is 0 Å². The molecule has 0 radical (unpaired) electrons. The van der Waals surface area contributed by atoms with Crippen LogP contribution in [-0.2, 0) is 0 Å². The standard InChI is InChI=1S/C10H15N/c1-6-8(2)9(3)7-10(4)11-5/h6-7H,1-2H2,3-5H3/b9-7+,11-10?. The highest BCUT2D eigenvalue weighted by Gasteiger charge is 1.90. The van der Waals surface area contributed by atoms with Gasteiger partial charge in [0.25, 0.3) is 0 Å². The number of rotatable bonds is 3. The minimum atomic E-state index is 0.952. The van der Waals surface area contributed by atoms with E-state index in [-0.39, 0.29) is 0 Å². The molecule has 0 rings (SSSR count). The largest absolute Gasteiger partial charge is 0.293 e. The Morgan fingerprint density at radius 2 is 1.91 bits per heavy atom. The van der Waals surface area contributed by atoms with E-state index in [1.54, 1.807) is 13.1 Å². The van der Waals surface area contributed by atoms with Crippen LogP contribution in [0, 0.1) is 0 Å². The molecule has 60 valence electrons. The quantitative estimate of drug-likeness (QED) is 0.432. The van der Waals surface area contributed by atoms with Crippen LogP contribution in [0.4, 0.5) is 0 Å². The summed E-state index contributed by atoms with van der Waals surface area (Å²) in [5.41, 5.74) is 3.07. The molecule has 0 aliphatic carbocycles. The van der Waals surface area contributed by atoms with E-state index in [0.29, 0.717) is 0 Å². The van der Waals surface area contributed by atoms with E-state index in [2.05, 4.69) is 18.2 Å². The van der Waals surface area contributed by atoms with Crippen molar-refractivity contribution in [1.82, 2.24) is 0 Å². The van der Waals surface area contributed by atoms with E-state index in [1.807, 2.05) is 19.9 Å². The third-order valence-electron chi connectivity index (χ3n) is 1.53. The third kappa shape index (κ3) is 3.56. The number of allylic oxidation sites excluding steroid dienone is 4. The van der Waals surface area contributed by atoms with Crippen LogP contribution < -0.4 is 0 Å². The van der Waals surface area contributed by atoms with Crippen LogP contribution in [-0.4, -0.2) is 12.8 Å². The molecular weight excluding hydrogens is 134 g/mol. The Balaban J connectivity index is 4.46. The molecule has 0 heterocycles. The molecule has 0 saturated heterocycles. The maximum Gasteiger partial charge on any atom is 0.0316 e. The van der Waals surface area contributed by atoms with Gasteiger partial charge in [0.05, 0.1) is 0 Å². The summed E-state index contributed by atoms with van der Waals surface area (Å²) >= 11 is 0. The van der Waals surface area contributed by atoms with Crippen molar-refractivity contribution in [1.29, 1.82) is 0 Å². The van der Waals surface area contributed by atoms with Gasteiger partial charge in [-0.2, -0.15) is 0 Å². The van der Waals surface area contributed by atoms with Gasteiger partial charge < -0.3 is 0 Å². The van der Waals surface area contributed by atoms with Gasteiger partial charge in [-0.1, -0.05) is 19.2 Å². The minimum Gasteiger partial charge on any atom is -0.293 e. The lowest BCUT2D eigenvalue weighted by Crippen LogP contribution is -1.87. The van der Waals surface area contributed by atoms with Crippen LogP contribution in [0.2, 0.25) is 0 Å². The number of nitrogens with zero attached hydrogens (tertiary/aromatic N) is 1. The van der Waals surface area contributed by atoms with E-state index in [9.17, 15) is 0 Å². The average molecular weight is 149 g/mol. The fourth-order valence-corrected chi connectivity index (χ4v) is 0.632. The molecule has 0 saturated carbocycles. The summed E-state index contributed by atoms with van der Waals surface area (Å²) in [6, 6.07) is 0. The van der Waals surface area contributed by atoms with Gasteiger partial charge in [0.15, 0.2) is 0 Å². The Morgan fingerprint density at radius 1 is 1.36 bits per heavy atom. The van der Waals surface area contributed by atoms with Gasteiger partial charge in [-0.25, -0.2) is 0 Å². The van der Waals surface area contributed by atoms with Crippen LogP contribution in [0.15, 0.2) is 41.4 Å². The molecule has 0 atom stereocenters. The molecule has 0 aliphatic rings. The van der Waals surface area contributed by atoms with Gasteiger partial charge in [0.1, 0.15) is 0 Å². The maximum atomic E-state index is 4.01. The highest BCUT2D eigenvalue weighted by Crippen LogP contribution is 2.06. The van der Waals surface area contributed by atoms with E-state index in [0.717, 1.165) is 16.9 Å². The van der Waals surface area contributed by atoms with Crippen molar-refractivity contribution in [2.24, 2.45) is 4.99 Å². The lowest BCUT2D eigenvalue weighted by atomic mass is 10.1. The monoisotopic (exact) mass is 149 g/mol. The first-order valence-corrected chi connectivity index (χ1v) is 3.55. The topological polar surface area (TPSA) is 12.4 Å². The Morgan fingerprint density at radius 3 is 2.27 bits per heavy atom. The maximum absolute atomic E-state index is 4.01. The molecule has 0 unspecified atom stereocenters. The zero-order chi connectivity index (χ0) is 8.85. The summed E-state index contributed by atoms with van der Waals surface area (Å²) < 4.78 is 0. The van der Waals surface area contributed by atoms with E-state index in [4.69, 9.17) is 0 Å².